The van der Waals surface area contributed by atoms with E-state index in [9.17, 15) is 0 Å². The van der Waals surface area contributed by atoms with E-state index in [0.29, 0.717) is 6.54 Å². The third-order valence-electron chi connectivity index (χ3n) is 2.16. The average molecular weight is 184 g/mol. The maximum atomic E-state index is 8.85. The molecular weight excluding hydrogens is 164 g/mol. The molecule has 0 radical (unpaired) electrons. The summed E-state index contributed by atoms with van der Waals surface area (Å²) < 4.78 is 0. The molecule has 1 atom stereocenters. The third kappa shape index (κ3) is 4.87. The molecule has 0 saturated carbocycles. The lowest BCUT2D eigenvalue weighted by Crippen LogP contribution is -2.36. The minimum atomic E-state index is -0.0290. The number of hydrogen-bond acceptors (Lipinski definition) is 3. The zero-order chi connectivity index (χ0) is 10.1. The molecule has 0 saturated heterocycles. The van der Waals surface area contributed by atoms with Crippen molar-refractivity contribution in [3.63, 3.8) is 0 Å². The summed E-state index contributed by atoms with van der Waals surface area (Å²) in [6.45, 7) is 5.81. The second-order valence-electron chi connectivity index (χ2n) is 3.17. The van der Waals surface area contributed by atoms with Gasteiger partial charge in [-0.25, -0.2) is 0 Å². The third-order valence-corrected chi connectivity index (χ3v) is 2.16. The lowest BCUT2D eigenvalue weighted by atomic mass is 10.2. The van der Waals surface area contributed by atoms with Crippen molar-refractivity contribution >= 4 is 0 Å². The molecule has 0 fully saturated rings. The molecule has 0 rings (SSSR count). The highest BCUT2D eigenvalue weighted by Gasteiger charge is 2.14. The highest BCUT2D eigenvalue weighted by Crippen LogP contribution is 2.04. The fourth-order valence-corrected chi connectivity index (χ4v) is 1.34. The molecule has 0 aliphatic heterocycles. The first-order valence-corrected chi connectivity index (χ1v) is 5.04. The van der Waals surface area contributed by atoms with Crippen LogP contribution in [0.15, 0.2) is 0 Å². The molecule has 3 heteroatoms. The van der Waals surface area contributed by atoms with Gasteiger partial charge in [0.05, 0.1) is 18.7 Å². The molecular formula is C10H20N2O. The van der Waals surface area contributed by atoms with Gasteiger partial charge in [-0.15, -0.1) is 0 Å². The first kappa shape index (κ1) is 12.4. The van der Waals surface area contributed by atoms with Crippen molar-refractivity contribution in [2.45, 2.75) is 39.2 Å². The van der Waals surface area contributed by atoms with Crippen LogP contribution in [-0.4, -0.2) is 35.7 Å². The molecule has 0 heterocycles. The van der Waals surface area contributed by atoms with Crippen LogP contribution in [0.4, 0.5) is 0 Å². The van der Waals surface area contributed by atoms with Gasteiger partial charge >= 0.3 is 0 Å². The highest BCUT2D eigenvalue weighted by atomic mass is 16.3. The van der Waals surface area contributed by atoms with Crippen molar-refractivity contribution in [1.82, 2.24) is 4.90 Å². The molecule has 0 aromatic carbocycles. The zero-order valence-electron chi connectivity index (χ0n) is 8.66. The quantitative estimate of drug-likeness (QED) is 0.650. The predicted molar refractivity (Wildman–Crippen MR) is 53.3 cm³/mol. The van der Waals surface area contributed by atoms with Crippen molar-refractivity contribution in [1.29, 1.82) is 5.26 Å². The van der Waals surface area contributed by atoms with E-state index in [1.807, 2.05) is 6.92 Å². The number of aliphatic hydroxyl groups excluding tert-OH is 1. The van der Waals surface area contributed by atoms with Crippen LogP contribution in [0.25, 0.3) is 0 Å². The van der Waals surface area contributed by atoms with Gasteiger partial charge in [0.2, 0.25) is 0 Å². The smallest absolute Gasteiger partial charge is 0.0976 e. The van der Waals surface area contributed by atoms with Gasteiger partial charge in [0, 0.05) is 6.54 Å². The Morgan fingerprint density at radius 1 is 1.38 bits per heavy atom. The molecule has 3 nitrogen and oxygen atoms in total. The van der Waals surface area contributed by atoms with Crippen LogP contribution in [0.1, 0.15) is 33.1 Å². The number of aliphatic hydroxyl groups is 1. The van der Waals surface area contributed by atoms with E-state index >= 15 is 0 Å². The van der Waals surface area contributed by atoms with E-state index in [1.54, 1.807) is 0 Å². The predicted octanol–water partition coefficient (Wildman–Crippen LogP) is 1.38. The van der Waals surface area contributed by atoms with Gasteiger partial charge in [0.15, 0.2) is 0 Å². The normalized spacial score (nSPS) is 12.8. The van der Waals surface area contributed by atoms with Crippen molar-refractivity contribution < 1.29 is 5.11 Å². The van der Waals surface area contributed by atoms with Crippen molar-refractivity contribution in [2.24, 2.45) is 0 Å². The van der Waals surface area contributed by atoms with Gasteiger partial charge in [-0.05, 0) is 19.4 Å². The lowest BCUT2D eigenvalue weighted by Gasteiger charge is -2.25. The zero-order valence-corrected chi connectivity index (χ0v) is 8.66. The van der Waals surface area contributed by atoms with Gasteiger partial charge in [0.1, 0.15) is 0 Å². The summed E-state index contributed by atoms with van der Waals surface area (Å²) in [5, 5.41) is 17.7. The van der Waals surface area contributed by atoms with E-state index in [-0.39, 0.29) is 12.6 Å². The Labute approximate surface area is 81.0 Å². The van der Waals surface area contributed by atoms with Crippen molar-refractivity contribution in [3.05, 3.63) is 0 Å². The molecule has 0 aromatic rings. The second-order valence-corrected chi connectivity index (χ2v) is 3.17. The van der Waals surface area contributed by atoms with Crippen LogP contribution in [-0.2, 0) is 0 Å². The topological polar surface area (TPSA) is 47.3 Å². The molecule has 0 aliphatic rings. The Bertz CT molecular complexity index is 153. The fourth-order valence-electron chi connectivity index (χ4n) is 1.34. The standard InChI is InChI=1S/C10H20N2O/c1-3-5-6-12(7-8-13)10(4-2)9-11/h10,13H,3-8H2,1-2H3. The summed E-state index contributed by atoms with van der Waals surface area (Å²) in [4.78, 5) is 2.06. The number of nitriles is 1. The largest absolute Gasteiger partial charge is 0.395 e. The molecule has 0 bridgehead atoms. The highest BCUT2D eigenvalue weighted by molar-refractivity contribution is 4.90. The minimum Gasteiger partial charge on any atom is -0.395 e. The van der Waals surface area contributed by atoms with Crippen LogP contribution in [0.3, 0.4) is 0 Å². The number of rotatable bonds is 7. The van der Waals surface area contributed by atoms with E-state index in [0.717, 1.165) is 25.8 Å². The Balaban J connectivity index is 3.97. The van der Waals surface area contributed by atoms with Gasteiger partial charge in [-0.1, -0.05) is 20.3 Å². The summed E-state index contributed by atoms with van der Waals surface area (Å²) in [5.74, 6) is 0. The second kappa shape index (κ2) is 8.03. The molecule has 13 heavy (non-hydrogen) atoms. The number of hydrogen-bond donors (Lipinski definition) is 1. The Morgan fingerprint density at radius 2 is 2.08 bits per heavy atom. The van der Waals surface area contributed by atoms with E-state index < -0.39 is 0 Å². The molecule has 0 spiro atoms. The first-order chi connectivity index (χ1) is 6.29. The van der Waals surface area contributed by atoms with Gasteiger partial charge in [-0.2, -0.15) is 5.26 Å². The van der Waals surface area contributed by atoms with Crippen LogP contribution in [0.5, 0.6) is 0 Å². The van der Waals surface area contributed by atoms with Crippen molar-refractivity contribution in [2.75, 3.05) is 19.7 Å². The summed E-state index contributed by atoms with van der Waals surface area (Å²) in [7, 11) is 0. The van der Waals surface area contributed by atoms with E-state index in [1.165, 1.54) is 0 Å². The Kier molecular flexibility index (Phi) is 7.66. The SMILES string of the molecule is CCCCN(CCO)C(C#N)CC. The summed E-state index contributed by atoms with van der Waals surface area (Å²) >= 11 is 0. The summed E-state index contributed by atoms with van der Waals surface area (Å²) in [6, 6.07) is 2.23. The van der Waals surface area contributed by atoms with Crippen molar-refractivity contribution in [3.8, 4) is 6.07 Å². The van der Waals surface area contributed by atoms with Crippen LogP contribution in [0, 0.1) is 11.3 Å². The van der Waals surface area contributed by atoms with E-state index in [4.69, 9.17) is 10.4 Å². The lowest BCUT2D eigenvalue weighted by molar-refractivity contribution is 0.169. The summed E-state index contributed by atoms with van der Waals surface area (Å²) in [5.41, 5.74) is 0. The minimum absolute atomic E-state index is 0.0290. The van der Waals surface area contributed by atoms with Crippen LogP contribution >= 0.6 is 0 Å². The van der Waals surface area contributed by atoms with Gasteiger partial charge in [0.25, 0.3) is 0 Å². The molecule has 0 aromatic heterocycles. The summed E-state index contributed by atoms with van der Waals surface area (Å²) in [6.07, 6.45) is 3.06. The van der Waals surface area contributed by atoms with Gasteiger partial charge in [-0.3, -0.25) is 4.90 Å². The molecule has 0 amide bonds. The van der Waals surface area contributed by atoms with Crippen LogP contribution < -0.4 is 0 Å². The van der Waals surface area contributed by atoms with Crippen LogP contribution in [0.2, 0.25) is 0 Å². The monoisotopic (exact) mass is 184 g/mol. The number of nitrogens with zero attached hydrogens (tertiary/aromatic N) is 2. The Hall–Kier alpha value is -0.590. The van der Waals surface area contributed by atoms with Gasteiger partial charge < -0.3 is 5.11 Å². The Morgan fingerprint density at radius 3 is 2.46 bits per heavy atom. The molecule has 1 unspecified atom stereocenters. The number of unbranched alkanes of at least 4 members (excludes halogenated alkanes) is 1. The molecule has 76 valence electrons. The molecule has 0 aliphatic carbocycles. The maximum absolute atomic E-state index is 8.85. The fraction of sp³-hybridized carbons (Fsp3) is 0.900. The maximum Gasteiger partial charge on any atom is 0.0976 e. The average Bonchev–Trinajstić information content (AvgIpc) is 2.16. The first-order valence-electron chi connectivity index (χ1n) is 5.04. The molecule has 1 N–H and O–H groups in total. The van der Waals surface area contributed by atoms with E-state index in [2.05, 4.69) is 17.9 Å².